The first-order valence-corrected chi connectivity index (χ1v) is 5.46. The van der Waals surface area contributed by atoms with Gasteiger partial charge in [-0.2, -0.15) is 5.26 Å². The number of hydrogen-bond acceptors (Lipinski definition) is 4. The third-order valence-corrected chi connectivity index (χ3v) is 2.55. The quantitative estimate of drug-likeness (QED) is 0.509. The maximum absolute atomic E-state index is 10.6. The van der Waals surface area contributed by atoms with E-state index in [0.29, 0.717) is 5.69 Å². The van der Waals surface area contributed by atoms with Gasteiger partial charge in [0.1, 0.15) is 5.54 Å². The molecule has 0 aliphatic heterocycles. The van der Waals surface area contributed by atoms with Crippen LogP contribution >= 0.6 is 12.2 Å². The van der Waals surface area contributed by atoms with Gasteiger partial charge in [0, 0.05) is 17.8 Å². The van der Waals surface area contributed by atoms with Crippen molar-refractivity contribution in [2.45, 2.75) is 19.4 Å². The summed E-state index contributed by atoms with van der Waals surface area (Å²) in [4.78, 5) is 11.5. The fourth-order valence-electron chi connectivity index (χ4n) is 1.50. The molecule has 0 amide bonds. The van der Waals surface area contributed by atoms with Gasteiger partial charge in [0.2, 0.25) is 0 Å². The van der Waals surface area contributed by atoms with Crippen LogP contribution in [0.4, 0.5) is 11.4 Å². The number of benzene rings is 1. The number of hydrogen-bond donors (Lipinski definition) is 1. The minimum Gasteiger partial charge on any atom is -0.376 e. The summed E-state index contributed by atoms with van der Waals surface area (Å²) in [5.41, 5.74) is 5.18. The molecule has 1 aromatic carbocycles. The average molecular weight is 264 g/mol. The van der Waals surface area contributed by atoms with Crippen LogP contribution in [0.2, 0.25) is 0 Å². The fraction of sp³-hybridized carbons (Fsp3) is 0.273. The number of anilines is 1. The molecule has 1 rings (SSSR count). The second-order valence-corrected chi connectivity index (χ2v) is 4.54. The summed E-state index contributed by atoms with van der Waals surface area (Å²) in [5, 5.41) is 19.7. The van der Waals surface area contributed by atoms with E-state index in [4.69, 9.17) is 23.2 Å². The zero-order valence-corrected chi connectivity index (χ0v) is 10.8. The highest BCUT2D eigenvalue weighted by Crippen LogP contribution is 2.25. The van der Waals surface area contributed by atoms with Crippen molar-refractivity contribution in [3.63, 3.8) is 0 Å². The normalized spacial score (nSPS) is 10.5. The molecule has 0 saturated heterocycles. The predicted octanol–water partition coefficient (Wildman–Crippen LogP) is 1.95. The Kier molecular flexibility index (Phi) is 3.83. The Labute approximate surface area is 110 Å². The molecule has 0 spiro atoms. The summed E-state index contributed by atoms with van der Waals surface area (Å²) >= 11 is 4.92. The largest absolute Gasteiger partial charge is 0.376 e. The van der Waals surface area contributed by atoms with Gasteiger partial charge in [-0.25, -0.2) is 0 Å². The zero-order chi connectivity index (χ0) is 13.9. The molecular weight excluding hydrogens is 252 g/mol. The maximum atomic E-state index is 10.6. The van der Waals surface area contributed by atoms with Gasteiger partial charge in [-0.1, -0.05) is 0 Å². The Morgan fingerprint density at radius 3 is 2.33 bits per heavy atom. The van der Waals surface area contributed by atoms with E-state index in [1.807, 2.05) is 0 Å². The molecule has 0 saturated carbocycles. The van der Waals surface area contributed by atoms with Crippen molar-refractivity contribution in [3.05, 3.63) is 34.4 Å². The summed E-state index contributed by atoms with van der Waals surface area (Å²) in [5.74, 6) is 0. The number of nitro groups is 1. The molecule has 94 valence electrons. The molecular formula is C11H12N4O2S. The second-order valence-electron chi connectivity index (χ2n) is 4.12. The van der Waals surface area contributed by atoms with Crippen molar-refractivity contribution in [3.8, 4) is 6.07 Å². The first-order chi connectivity index (χ1) is 8.29. The number of nitro benzene ring substituents is 1. The fourth-order valence-corrected chi connectivity index (χ4v) is 1.83. The number of non-ortho nitro benzene ring substituents is 1. The van der Waals surface area contributed by atoms with Crippen molar-refractivity contribution >= 4 is 28.7 Å². The first-order valence-electron chi connectivity index (χ1n) is 5.05. The summed E-state index contributed by atoms with van der Waals surface area (Å²) in [6, 6.07) is 7.79. The SMILES string of the molecule is CC(C)(C#N)N(C(N)=S)c1ccc([N+](=O)[O-])cc1. The molecule has 6 nitrogen and oxygen atoms in total. The van der Waals surface area contributed by atoms with E-state index in [-0.39, 0.29) is 10.8 Å². The number of thiocarbonyl (C=S) groups is 1. The number of nitrogens with zero attached hydrogens (tertiary/aromatic N) is 3. The van der Waals surface area contributed by atoms with Crippen molar-refractivity contribution in [1.29, 1.82) is 5.26 Å². The van der Waals surface area contributed by atoms with Crippen molar-refractivity contribution in [2.24, 2.45) is 5.73 Å². The van der Waals surface area contributed by atoms with E-state index in [1.165, 1.54) is 29.2 Å². The molecule has 0 heterocycles. The van der Waals surface area contributed by atoms with Crippen LogP contribution in [0.15, 0.2) is 24.3 Å². The summed E-state index contributed by atoms with van der Waals surface area (Å²) in [6.45, 7) is 3.32. The molecule has 0 fully saturated rings. The second kappa shape index (κ2) is 4.98. The van der Waals surface area contributed by atoms with E-state index in [2.05, 4.69) is 6.07 Å². The summed E-state index contributed by atoms with van der Waals surface area (Å²) in [6.07, 6.45) is 0. The van der Waals surface area contributed by atoms with Crippen molar-refractivity contribution < 1.29 is 4.92 Å². The van der Waals surface area contributed by atoms with Gasteiger partial charge < -0.3 is 10.6 Å². The molecule has 0 aliphatic rings. The average Bonchev–Trinajstić information content (AvgIpc) is 2.29. The summed E-state index contributed by atoms with van der Waals surface area (Å²) in [7, 11) is 0. The highest BCUT2D eigenvalue weighted by atomic mass is 32.1. The molecule has 0 radical (unpaired) electrons. The number of nitriles is 1. The van der Waals surface area contributed by atoms with Crippen LogP contribution in [0.3, 0.4) is 0 Å². The van der Waals surface area contributed by atoms with Crippen LogP contribution < -0.4 is 10.6 Å². The molecule has 18 heavy (non-hydrogen) atoms. The van der Waals surface area contributed by atoms with Gasteiger partial charge in [0.25, 0.3) is 5.69 Å². The number of rotatable bonds is 3. The molecule has 1 aromatic rings. The summed E-state index contributed by atoms with van der Waals surface area (Å²) < 4.78 is 0. The topological polar surface area (TPSA) is 96.2 Å². The van der Waals surface area contributed by atoms with Crippen molar-refractivity contribution in [1.82, 2.24) is 0 Å². The van der Waals surface area contributed by atoms with Crippen LogP contribution in [0.1, 0.15) is 13.8 Å². The van der Waals surface area contributed by atoms with Crippen LogP contribution in [-0.2, 0) is 0 Å². The predicted molar refractivity (Wildman–Crippen MR) is 72.1 cm³/mol. The maximum Gasteiger partial charge on any atom is 0.269 e. The van der Waals surface area contributed by atoms with Gasteiger partial charge in [0.15, 0.2) is 5.11 Å². The standard InChI is InChI=1S/C11H12N4O2S/c1-11(2,7-12)14(10(13)18)8-3-5-9(6-4-8)15(16)17/h3-6H,1-2H3,(H2,13,18). The number of nitrogens with two attached hydrogens (primary N) is 1. The van der Waals surface area contributed by atoms with Crippen LogP contribution in [-0.4, -0.2) is 15.6 Å². The third kappa shape index (κ3) is 2.73. The lowest BCUT2D eigenvalue weighted by molar-refractivity contribution is -0.384. The Morgan fingerprint density at radius 1 is 1.50 bits per heavy atom. The zero-order valence-electron chi connectivity index (χ0n) is 9.95. The third-order valence-electron chi connectivity index (χ3n) is 2.37. The smallest absolute Gasteiger partial charge is 0.269 e. The minimum absolute atomic E-state index is 0.0311. The van der Waals surface area contributed by atoms with E-state index < -0.39 is 10.5 Å². The Hall–Kier alpha value is -2.20. The van der Waals surface area contributed by atoms with E-state index in [0.717, 1.165) is 0 Å². The highest BCUT2D eigenvalue weighted by Gasteiger charge is 2.29. The van der Waals surface area contributed by atoms with Gasteiger partial charge in [-0.05, 0) is 38.2 Å². The van der Waals surface area contributed by atoms with Gasteiger partial charge >= 0.3 is 0 Å². The molecule has 0 bridgehead atoms. The first kappa shape index (κ1) is 13.9. The monoisotopic (exact) mass is 264 g/mol. The molecule has 0 atom stereocenters. The van der Waals surface area contributed by atoms with Gasteiger partial charge in [-0.15, -0.1) is 0 Å². The Balaban J connectivity index is 3.21. The lowest BCUT2D eigenvalue weighted by Crippen LogP contribution is -2.49. The van der Waals surface area contributed by atoms with E-state index in [1.54, 1.807) is 13.8 Å². The van der Waals surface area contributed by atoms with Gasteiger partial charge in [0.05, 0.1) is 11.0 Å². The lowest BCUT2D eigenvalue weighted by atomic mass is 10.0. The van der Waals surface area contributed by atoms with Crippen LogP contribution in [0, 0.1) is 21.4 Å². The molecule has 0 aromatic heterocycles. The van der Waals surface area contributed by atoms with Crippen LogP contribution in [0.5, 0.6) is 0 Å². The minimum atomic E-state index is -0.929. The Bertz CT molecular complexity index is 519. The van der Waals surface area contributed by atoms with E-state index >= 15 is 0 Å². The molecule has 0 unspecified atom stereocenters. The Morgan fingerprint density at radius 2 is 2.00 bits per heavy atom. The molecule has 7 heteroatoms. The lowest BCUT2D eigenvalue weighted by Gasteiger charge is -2.33. The highest BCUT2D eigenvalue weighted by molar-refractivity contribution is 7.80. The molecule has 2 N–H and O–H groups in total. The molecule has 0 aliphatic carbocycles. The van der Waals surface area contributed by atoms with Crippen LogP contribution in [0.25, 0.3) is 0 Å². The van der Waals surface area contributed by atoms with Crippen molar-refractivity contribution in [2.75, 3.05) is 4.90 Å². The van der Waals surface area contributed by atoms with E-state index in [9.17, 15) is 10.1 Å². The van der Waals surface area contributed by atoms with Gasteiger partial charge in [-0.3, -0.25) is 10.1 Å².